The van der Waals surface area contributed by atoms with E-state index in [4.69, 9.17) is 24.7 Å². The first-order chi connectivity index (χ1) is 11.9. The zero-order chi connectivity index (χ0) is 19.2. The Morgan fingerprint density at radius 2 is 1.68 bits per heavy atom. The van der Waals surface area contributed by atoms with Crippen LogP contribution in [0.1, 0.15) is 20.3 Å². The molecule has 10 nitrogen and oxygen atoms in total. The van der Waals surface area contributed by atoms with Crippen molar-refractivity contribution >= 4 is 23.8 Å². The Bertz CT molecular complexity index is 455. The molecule has 0 aliphatic carbocycles. The molecule has 0 saturated carbocycles. The number of ether oxygens (including phenoxy) is 4. The summed E-state index contributed by atoms with van der Waals surface area (Å²) in [6, 6.07) is -1.43. The summed E-state index contributed by atoms with van der Waals surface area (Å²) < 4.78 is 19.4. The Labute approximate surface area is 146 Å². The van der Waals surface area contributed by atoms with Crippen LogP contribution < -0.4 is 11.1 Å². The quantitative estimate of drug-likeness (QED) is 0.306. The first-order valence-corrected chi connectivity index (χ1v) is 7.84. The van der Waals surface area contributed by atoms with Crippen LogP contribution in [0.3, 0.4) is 0 Å². The predicted molar refractivity (Wildman–Crippen MR) is 85.2 cm³/mol. The van der Waals surface area contributed by atoms with E-state index in [0.717, 1.165) is 0 Å². The van der Waals surface area contributed by atoms with Crippen molar-refractivity contribution in [3.63, 3.8) is 0 Å². The average molecular weight is 362 g/mol. The van der Waals surface area contributed by atoms with Gasteiger partial charge < -0.3 is 30.0 Å². The van der Waals surface area contributed by atoms with E-state index in [1.165, 1.54) is 7.11 Å². The number of nitrogens with one attached hydrogen (secondary N) is 1. The van der Waals surface area contributed by atoms with Gasteiger partial charge in [-0.05, 0) is 13.8 Å². The van der Waals surface area contributed by atoms with E-state index >= 15 is 0 Å². The van der Waals surface area contributed by atoms with Crippen LogP contribution in [-0.4, -0.2) is 69.9 Å². The second kappa shape index (κ2) is 13.1. The Morgan fingerprint density at radius 3 is 2.20 bits per heavy atom. The topological polar surface area (TPSA) is 143 Å². The van der Waals surface area contributed by atoms with Crippen molar-refractivity contribution in [2.24, 2.45) is 11.7 Å². The normalized spacial score (nSPS) is 12.8. The number of rotatable bonds is 13. The average Bonchev–Trinajstić information content (AvgIpc) is 2.55. The second-order valence-electron chi connectivity index (χ2n) is 4.86. The number of methoxy groups -OCH3 is 1. The molecule has 3 N–H and O–H groups in total. The number of hydrogen-bond acceptors (Lipinski definition) is 8. The number of carbonyl (C=O) groups excluding carboxylic acids is 4. The van der Waals surface area contributed by atoms with Crippen LogP contribution in [0.2, 0.25) is 0 Å². The van der Waals surface area contributed by atoms with Gasteiger partial charge in [0.15, 0.2) is 0 Å². The third-order valence-electron chi connectivity index (χ3n) is 2.97. The molecule has 0 heterocycles. The number of amides is 2. The van der Waals surface area contributed by atoms with Gasteiger partial charge in [-0.15, -0.1) is 0 Å². The molecular formula is C15H26N2O8. The van der Waals surface area contributed by atoms with E-state index in [9.17, 15) is 19.2 Å². The molecule has 0 saturated heterocycles. The van der Waals surface area contributed by atoms with Gasteiger partial charge in [0.1, 0.15) is 12.6 Å². The summed E-state index contributed by atoms with van der Waals surface area (Å²) in [6.07, 6.45) is -0.453. The molecule has 0 radical (unpaired) electrons. The number of hydrogen-bond donors (Lipinski definition) is 2. The number of primary amides is 1. The highest BCUT2D eigenvalue weighted by Gasteiger charge is 2.37. The van der Waals surface area contributed by atoms with Crippen molar-refractivity contribution in [2.45, 2.75) is 26.3 Å². The lowest BCUT2D eigenvalue weighted by Crippen LogP contribution is -2.53. The predicted octanol–water partition coefficient (Wildman–Crippen LogP) is -1.25. The maximum absolute atomic E-state index is 12.1. The van der Waals surface area contributed by atoms with Gasteiger partial charge in [0.25, 0.3) is 0 Å². The van der Waals surface area contributed by atoms with Crippen molar-refractivity contribution in [3.8, 4) is 0 Å². The van der Waals surface area contributed by atoms with Gasteiger partial charge in [-0.1, -0.05) is 0 Å². The molecular weight excluding hydrogens is 336 g/mol. The molecule has 10 heteroatoms. The molecule has 0 aromatic heterocycles. The van der Waals surface area contributed by atoms with Gasteiger partial charge in [0.05, 0.1) is 38.8 Å². The Hall–Kier alpha value is -2.20. The van der Waals surface area contributed by atoms with Crippen LogP contribution >= 0.6 is 0 Å². The molecule has 2 amide bonds. The highest BCUT2D eigenvalue weighted by atomic mass is 16.5. The van der Waals surface area contributed by atoms with Gasteiger partial charge >= 0.3 is 11.9 Å². The monoisotopic (exact) mass is 362 g/mol. The van der Waals surface area contributed by atoms with Gasteiger partial charge in [-0.3, -0.25) is 19.2 Å². The summed E-state index contributed by atoms with van der Waals surface area (Å²) in [7, 11) is 1.48. The number of nitrogens with two attached hydrogens (primary N) is 1. The third kappa shape index (κ3) is 9.62. The first kappa shape index (κ1) is 22.8. The zero-order valence-corrected chi connectivity index (χ0v) is 14.7. The van der Waals surface area contributed by atoms with Gasteiger partial charge in [-0.2, -0.15) is 0 Å². The lowest BCUT2D eigenvalue weighted by Gasteiger charge is -2.23. The molecule has 0 aromatic rings. The summed E-state index contributed by atoms with van der Waals surface area (Å²) in [6.45, 7) is 3.42. The maximum atomic E-state index is 12.1. The Balaban J connectivity index is 5.00. The van der Waals surface area contributed by atoms with Crippen LogP contribution in [0.15, 0.2) is 0 Å². The van der Waals surface area contributed by atoms with Crippen molar-refractivity contribution in [2.75, 3.05) is 40.1 Å². The van der Waals surface area contributed by atoms with Crippen LogP contribution in [0.5, 0.6) is 0 Å². The standard InChI is InChI=1S/C15H26N2O8/c1-4-24-12(19)8-10(15(21)25-5-2)13(14(16)20)17-11(18)9-23-7-6-22-3/h10,13H,4-9H2,1-3H3,(H2,16,20)(H,17,18)/t10-,13-/m1/s1. The van der Waals surface area contributed by atoms with Crippen LogP contribution in [0, 0.1) is 5.92 Å². The second-order valence-corrected chi connectivity index (χ2v) is 4.86. The van der Waals surface area contributed by atoms with E-state index in [0.29, 0.717) is 6.61 Å². The molecule has 0 aliphatic rings. The molecule has 0 aliphatic heterocycles. The van der Waals surface area contributed by atoms with E-state index in [-0.39, 0.29) is 26.4 Å². The highest BCUT2D eigenvalue weighted by molar-refractivity contribution is 5.93. The fourth-order valence-electron chi connectivity index (χ4n) is 1.88. The molecule has 144 valence electrons. The van der Waals surface area contributed by atoms with Crippen LogP contribution in [0.25, 0.3) is 0 Å². The van der Waals surface area contributed by atoms with E-state index < -0.39 is 42.1 Å². The summed E-state index contributed by atoms with van der Waals surface area (Å²) in [4.78, 5) is 47.3. The Kier molecular flexibility index (Phi) is 12.0. The van der Waals surface area contributed by atoms with Gasteiger partial charge in [0, 0.05) is 7.11 Å². The van der Waals surface area contributed by atoms with Gasteiger partial charge in [-0.25, -0.2) is 0 Å². The SMILES string of the molecule is CCOC(=O)C[C@@H](C(=O)OCC)[C@@H](NC(=O)COCCOC)C(N)=O. The number of carbonyl (C=O) groups is 4. The fourth-order valence-corrected chi connectivity index (χ4v) is 1.88. The van der Waals surface area contributed by atoms with Crippen LogP contribution in [-0.2, 0) is 38.1 Å². The third-order valence-corrected chi connectivity index (χ3v) is 2.97. The van der Waals surface area contributed by atoms with Crippen molar-refractivity contribution < 1.29 is 38.1 Å². The minimum atomic E-state index is -1.43. The summed E-state index contributed by atoms with van der Waals surface area (Å²) in [5.41, 5.74) is 5.27. The maximum Gasteiger partial charge on any atom is 0.312 e. The lowest BCUT2D eigenvalue weighted by atomic mass is 9.95. The smallest absolute Gasteiger partial charge is 0.312 e. The van der Waals surface area contributed by atoms with Crippen molar-refractivity contribution in [1.82, 2.24) is 5.32 Å². The summed E-state index contributed by atoms with van der Waals surface area (Å²) >= 11 is 0. The highest BCUT2D eigenvalue weighted by Crippen LogP contribution is 2.13. The number of esters is 2. The molecule has 0 rings (SSSR count). The molecule has 0 aromatic carbocycles. The van der Waals surface area contributed by atoms with Crippen molar-refractivity contribution in [3.05, 3.63) is 0 Å². The molecule has 0 bridgehead atoms. The van der Waals surface area contributed by atoms with E-state index in [1.807, 2.05) is 0 Å². The minimum Gasteiger partial charge on any atom is -0.466 e. The van der Waals surface area contributed by atoms with E-state index in [1.54, 1.807) is 13.8 Å². The first-order valence-electron chi connectivity index (χ1n) is 7.84. The molecule has 0 fully saturated rings. The van der Waals surface area contributed by atoms with E-state index in [2.05, 4.69) is 5.32 Å². The van der Waals surface area contributed by atoms with Crippen LogP contribution in [0.4, 0.5) is 0 Å². The summed E-state index contributed by atoms with van der Waals surface area (Å²) in [5.74, 6) is -4.48. The lowest BCUT2D eigenvalue weighted by molar-refractivity contribution is -0.157. The largest absolute Gasteiger partial charge is 0.466 e. The zero-order valence-electron chi connectivity index (χ0n) is 14.7. The molecule has 0 spiro atoms. The van der Waals surface area contributed by atoms with Crippen molar-refractivity contribution in [1.29, 1.82) is 0 Å². The minimum absolute atomic E-state index is 0.0394. The molecule has 0 unspecified atom stereocenters. The fraction of sp³-hybridized carbons (Fsp3) is 0.733. The Morgan fingerprint density at radius 1 is 1.04 bits per heavy atom. The molecule has 25 heavy (non-hydrogen) atoms. The molecule has 2 atom stereocenters. The summed E-state index contributed by atoms with van der Waals surface area (Å²) in [5, 5.41) is 2.29. The van der Waals surface area contributed by atoms with Gasteiger partial charge in [0.2, 0.25) is 11.8 Å².